The summed E-state index contributed by atoms with van der Waals surface area (Å²) in [4.78, 5) is 13.7. The van der Waals surface area contributed by atoms with Gasteiger partial charge < -0.3 is 0 Å². The van der Waals surface area contributed by atoms with E-state index in [9.17, 15) is 4.79 Å². The fraction of sp³-hybridized carbons (Fsp3) is 0.263. The Bertz CT molecular complexity index is 809. The molecule has 0 aliphatic heterocycles. The average molecular weight is 320 g/mol. The Labute approximate surface area is 141 Å². The molecule has 0 radical (unpaired) electrons. The zero-order chi connectivity index (χ0) is 16.9. The Morgan fingerprint density at radius 3 is 2.46 bits per heavy atom. The molecule has 0 saturated heterocycles. The molecule has 3 rings (SSSR count). The standard InChI is InChI=1S/C19H20N4O/c1-3-14(2)15-9-11-16(12-10-15)18(24)13-23-21-19(20-22-23)17-7-5-4-6-8-17/h4-12,14H,3,13H2,1-2H3/t14-/m1/s1. The van der Waals surface area contributed by atoms with Crippen LogP contribution in [0.4, 0.5) is 0 Å². The molecule has 1 aromatic heterocycles. The molecule has 2 aromatic carbocycles. The molecule has 1 heterocycles. The van der Waals surface area contributed by atoms with Crippen LogP contribution in [0.25, 0.3) is 11.4 Å². The number of hydrogen-bond donors (Lipinski definition) is 0. The third-order valence-corrected chi connectivity index (χ3v) is 4.18. The minimum Gasteiger partial charge on any atom is -0.292 e. The molecule has 1 atom stereocenters. The van der Waals surface area contributed by atoms with E-state index in [0.29, 0.717) is 17.3 Å². The fourth-order valence-corrected chi connectivity index (χ4v) is 2.47. The van der Waals surface area contributed by atoms with Gasteiger partial charge in [0.2, 0.25) is 5.82 Å². The molecule has 0 bridgehead atoms. The maximum absolute atomic E-state index is 12.4. The van der Waals surface area contributed by atoms with Crippen LogP contribution in [0.15, 0.2) is 54.6 Å². The second-order valence-electron chi connectivity index (χ2n) is 5.86. The number of hydrogen-bond acceptors (Lipinski definition) is 4. The lowest BCUT2D eigenvalue weighted by atomic mass is 9.97. The summed E-state index contributed by atoms with van der Waals surface area (Å²) in [5.74, 6) is 0.998. The molecule has 122 valence electrons. The molecule has 5 heteroatoms. The number of carbonyl (C=O) groups excluding carboxylic acids is 1. The van der Waals surface area contributed by atoms with E-state index in [1.807, 2.05) is 54.6 Å². The summed E-state index contributed by atoms with van der Waals surface area (Å²) >= 11 is 0. The summed E-state index contributed by atoms with van der Waals surface area (Å²) in [5, 5.41) is 12.3. The van der Waals surface area contributed by atoms with Crippen LogP contribution >= 0.6 is 0 Å². The Morgan fingerprint density at radius 1 is 1.08 bits per heavy atom. The summed E-state index contributed by atoms with van der Waals surface area (Å²) in [5.41, 5.74) is 2.80. The number of benzene rings is 2. The highest BCUT2D eigenvalue weighted by atomic mass is 16.1. The highest BCUT2D eigenvalue weighted by Crippen LogP contribution is 2.19. The largest absolute Gasteiger partial charge is 0.292 e. The van der Waals surface area contributed by atoms with Crippen molar-refractivity contribution < 1.29 is 4.79 Å². The van der Waals surface area contributed by atoms with Crippen molar-refractivity contribution in [2.75, 3.05) is 0 Å². The molecule has 0 saturated carbocycles. The van der Waals surface area contributed by atoms with E-state index in [2.05, 4.69) is 29.3 Å². The fourth-order valence-electron chi connectivity index (χ4n) is 2.47. The number of Topliss-reactive ketones (excluding diaryl/α,β-unsaturated/α-hetero) is 1. The van der Waals surface area contributed by atoms with Crippen LogP contribution in [-0.2, 0) is 6.54 Å². The van der Waals surface area contributed by atoms with Crippen molar-refractivity contribution >= 4 is 5.78 Å². The number of carbonyl (C=O) groups is 1. The lowest BCUT2D eigenvalue weighted by Crippen LogP contribution is -2.13. The highest BCUT2D eigenvalue weighted by molar-refractivity contribution is 5.95. The van der Waals surface area contributed by atoms with Crippen LogP contribution < -0.4 is 0 Å². The van der Waals surface area contributed by atoms with Gasteiger partial charge in [0.1, 0.15) is 6.54 Å². The van der Waals surface area contributed by atoms with Crippen LogP contribution in [0.1, 0.15) is 42.1 Å². The molecule has 0 unspecified atom stereocenters. The van der Waals surface area contributed by atoms with E-state index in [-0.39, 0.29) is 12.3 Å². The maximum Gasteiger partial charge on any atom is 0.204 e. The van der Waals surface area contributed by atoms with Crippen LogP contribution in [0.3, 0.4) is 0 Å². The predicted molar refractivity (Wildman–Crippen MR) is 92.7 cm³/mol. The molecule has 0 N–H and O–H groups in total. The Balaban J connectivity index is 1.70. The van der Waals surface area contributed by atoms with Crippen molar-refractivity contribution in [3.8, 4) is 11.4 Å². The van der Waals surface area contributed by atoms with E-state index in [1.54, 1.807) is 0 Å². The number of nitrogens with zero attached hydrogens (tertiary/aromatic N) is 4. The molecule has 0 amide bonds. The smallest absolute Gasteiger partial charge is 0.204 e. The Morgan fingerprint density at radius 2 is 1.79 bits per heavy atom. The molecule has 3 aromatic rings. The minimum atomic E-state index is -0.0253. The molecule has 0 aliphatic rings. The number of ketones is 1. The van der Waals surface area contributed by atoms with E-state index >= 15 is 0 Å². The number of rotatable bonds is 6. The van der Waals surface area contributed by atoms with Crippen molar-refractivity contribution in [1.82, 2.24) is 20.2 Å². The summed E-state index contributed by atoms with van der Waals surface area (Å²) in [7, 11) is 0. The van der Waals surface area contributed by atoms with Crippen molar-refractivity contribution in [3.05, 3.63) is 65.7 Å². The molecular formula is C19H20N4O. The van der Waals surface area contributed by atoms with E-state index < -0.39 is 0 Å². The lowest BCUT2D eigenvalue weighted by molar-refractivity contribution is 0.0961. The van der Waals surface area contributed by atoms with E-state index in [0.717, 1.165) is 12.0 Å². The van der Waals surface area contributed by atoms with Crippen molar-refractivity contribution in [3.63, 3.8) is 0 Å². The van der Waals surface area contributed by atoms with Gasteiger partial charge in [-0.15, -0.1) is 10.2 Å². The van der Waals surface area contributed by atoms with Gasteiger partial charge in [0, 0.05) is 11.1 Å². The van der Waals surface area contributed by atoms with Gasteiger partial charge in [-0.1, -0.05) is 68.4 Å². The summed E-state index contributed by atoms with van der Waals surface area (Å²) in [6.07, 6.45) is 1.08. The Kier molecular flexibility index (Phi) is 4.79. The molecule has 24 heavy (non-hydrogen) atoms. The summed E-state index contributed by atoms with van der Waals surface area (Å²) < 4.78 is 0. The highest BCUT2D eigenvalue weighted by Gasteiger charge is 2.12. The topological polar surface area (TPSA) is 60.7 Å². The zero-order valence-electron chi connectivity index (χ0n) is 13.9. The first-order chi connectivity index (χ1) is 11.7. The molecular weight excluding hydrogens is 300 g/mol. The third kappa shape index (κ3) is 3.56. The Hall–Kier alpha value is -2.82. The SMILES string of the molecule is CC[C@@H](C)c1ccc(C(=O)Cn2nnc(-c3ccccc3)n2)cc1. The first-order valence-corrected chi connectivity index (χ1v) is 8.13. The van der Waals surface area contributed by atoms with Gasteiger partial charge in [0.05, 0.1) is 0 Å². The molecule has 0 aliphatic carbocycles. The van der Waals surface area contributed by atoms with Gasteiger partial charge in [-0.3, -0.25) is 4.79 Å². The number of tetrazole rings is 1. The van der Waals surface area contributed by atoms with Gasteiger partial charge in [-0.25, -0.2) is 0 Å². The van der Waals surface area contributed by atoms with Gasteiger partial charge in [0.15, 0.2) is 5.78 Å². The van der Waals surface area contributed by atoms with E-state index in [4.69, 9.17) is 0 Å². The van der Waals surface area contributed by atoms with Crippen LogP contribution in [0.2, 0.25) is 0 Å². The lowest BCUT2D eigenvalue weighted by Gasteiger charge is -2.09. The predicted octanol–water partition coefficient (Wildman–Crippen LogP) is 3.74. The van der Waals surface area contributed by atoms with Gasteiger partial charge in [-0.05, 0) is 23.1 Å². The quantitative estimate of drug-likeness (QED) is 0.649. The monoisotopic (exact) mass is 320 g/mol. The van der Waals surface area contributed by atoms with Gasteiger partial charge in [0.25, 0.3) is 0 Å². The van der Waals surface area contributed by atoms with Gasteiger partial charge in [-0.2, -0.15) is 4.80 Å². The van der Waals surface area contributed by atoms with Gasteiger partial charge >= 0.3 is 0 Å². The average Bonchev–Trinajstić information content (AvgIpc) is 3.10. The molecule has 5 nitrogen and oxygen atoms in total. The second kappa shape index (κ2) is 7.17. The summed E-state index contributed by atoms with van der Waals surface area (Å²) in [6, 6.07) is 17.4. The van der Waals surface area contributed by atoms with Crippen LogP contribution in [0, 0.1) is 0 Å². The van der Waals surface area contributed by atoms with Crippen molar-refractivity contribution in [2.45, 2.75) is 32.7 Å². The molecule has 0 spiro atoms. The van der Waals surface area contributed by atoms with Crippen LogP contribution in [0.5, 0.6) is 0 Å². The number of aromatic nitrogens is 4. The van der Waals surface area contributed by atoms with Crippen molar-refractivity contribution in [1.29, 1.82) is 0 Å². The van der Waals surface area contributed by atoms with Crippen LogP contribution in [-0.4, -0.2) is 26.0 Å². The first-order valence-electron chi connectivity index (χ1n) is 8.13. The zero-order valence-corrected chi connectivity index (χ0v) is 13.9. The maximum atomic E-state index is 12.4. The molecule has 0 fully saturated rings. The second-order valence-corrected chi connectivity index (χ2v) is 5.86. The minimum absolute atomic E-state index is 0.0253. The van der Waals surface area contributed by atoms with Crippen molar-refractivity contribution in [2.24, 2.45) is 0 Å². The third-order valence-electron chi connectivity index (χ3n) is 4.18. The normalized spacial score (nSPS) is 12.1. The van der Waals surface area contributed by atoms with E-state index in [1.165, 1.54) is 10.4 Å². The first kappa shape index (κ1) is 16.1. The summed E-state index contributed by atoms with van der Waals surface area (Å²) in [6.45, 7) is 4.42.